The maximum absolute atomic E-state index is 4.37. The molecule has 0 saturated carbocycles. The van der Waals surface area contributed by atoms with Crippen LogP contribution in [0, 0.1) is 0 Å². The van der Waals surface area contributed by atoms with E-state index < -0.39 is 0 Å². The summed E-state index contributed by atoms with van der Waals surface area (Å²) < 4.78 is 2.75. The van der Waals surface area contributed by atoms with Gasteiger partial charge in [-0.05, 0) is 34.5 Å². The van der Waals surface area contributed by atoms with E-state index in [-0.39, 0.29) is 0 Å². The van der Waals surface area contributed by atoms with Gasteiger partial charge in [0.1, 0.15) is 5.52 Å². The second-order valence-electron chi connectivity index (χ2n) is 4.63. The maximum atomic E-state index is 4.37. The van der Waals surface area contributed by atoms with E-state index in [4.69, 9.17) is 0 Å². The molecule has 2 N–H and O–H groups in total. The number of anilines is 2. The summed E-state index contributed by atoms with van der Waals surface area (Å²) in [5, 5.41) is 11.0. The molecule has 0 spiro atoms. The first-order valence-corrected chi connectivity index (χ1v) is 7.64. The van der Waals surface area contributed by atoms with Crippen LogP contribution in [0.2, 0.25) is 0 Å². The summed E-state index contributed by atoms with van der Waals surface area (Å²) in [7, 11) is 0. The normalized spacial score (nSPS) is 10.7. The van der Waals surface area contributed by atoms with Crippen LogP contribution in [0.5, 0.6) is 0 Å². The van der Waals surface area contributed by atoms with Crippen molar-refractivity contribution in [1.82, 2.24) is 14.6 Å². The van der Waals surface area contributed by atoms with Crippen LogP contribution in [0.3, 0.4) is 0 Å². The average molecular weight is 346 g/mol. The third kappa shape index (κ3) is 3.33. The van der Waals surface area contributed by atoms with Crippen LogP contribution < -0.4 is 10.6 Å². The van der Waals surface area contributed by atoms with Crippen molar-refractivity contribution in [3.63, 3.8) is 0 Å². The molecule has 0 bridgehead atoms. The molecule has 0 amide bonds. The van der Waals surface area contributed by atoms with Crippen LogP contribution in [0.4, 0.5) is 11.5 Å². The Labute approximate surface area is 131 Å². The number of rotatable bonds is 6. The molecule has 0 aliphatic carbocycles. The number of aromatic nitrogens is 3. The van der Waals surface area contributed by atoms with Crippen molar-refractivity contribution in [2.75, 3.05) is 23.7 Å². The lowest BCUT2D eigenvalue weighted by Crippen LogP contribution is -2.10. The van der Waals surface area contributed by atoms with Gasteiger partial charge in [-0.25, -0.2) is 9.50 Å². The Balaban J connectivity index is 1.52. The molecule has 21 heavy (non-hydrogen) atoms. The van der Waals surface area contributed by atoms with Gasteiger partial charge in [0, 0.05) is 31.2 Å². The van der Waals surface area contributed by atoms with E-state index in [0.717, 1.165) is 41.0 Å². The molecular weight excluding hydrogens is 330 g/mol. The molecule has 3 aromatic rings. The van der Waals surface area contributed by atoms with Crippen molar-refractivity contribution in [3.05, 3.63) is 53.4 Å². The fourth-order valence-corrected chi connectivity index (χ4v) is 2.58. The first kappa shape index (κ1) is 13.9. The van der Waals surface area contributed by atoms with E-state index in [1.54, 1.807) is 12.4 Å². The second-order valence-corrected chi connectivity index (χ2v) is 5.49. The van der Waals surface area contributed by atoms with Crippen molar-refractivity contribution in [2.24, 2.45) is 0 Å². The van der Waals surface area contributed by atoms with Gasteiger partial charge < -0.3 is 10.6 Å². The molecule has 5 nitrogen and oxygen atoms in total. The zero-order valence-corrected chi connectivity index (χ0v) is 13.0. The minimum absolute atomic E-state index is 0.849. The fraction of sp³-hybridized carbons (Fsp3) is 0.200. The van der Waals surface area contributed by atoms with E-state index in [0.29, 0.717) is 0 Å². The Hall–Kier alpha value is -2.08. The molecule has 0 aliphatic rings. The van der Waals surface area contributed by atoms with Crippen LogP contribution in [0.25, 0.3) is 5.52 Å². The molecule has 0 saturated heterocycles. The summed E-state index contributed by atoms with van der Waals surface area (Å²) >= 11 is 3.50. The number of hydrogen-bond acceptors (Lipinski definition) is 4. The van der Waals surface area contributed by atoms with Gasteiger partial charge in [-0.3, -0.25) is 0 Å². The van der Waals surface area contributed by atoms with Gasteiger partial charge in [0.25, 0.3) is 0 Å². The first-order valence-electron chi connectivity index (χ1n) is 6.85. The third-order valence-corrected chi connectivity index (χ3v) is 3.72. The van der Waals surface area contributed by atoms with E-state index in [1.165, 1.54) is 0 Å². The van der Waals surface area contributed by atoms with Gasteiger partial charge >= 0.3 is 0 Å². The van der Waals surface area contributed by atoms with Gasteiger partial charge in [-0.2, -0.15) is 5.10 Å². The van der Waals surface area contributed by atoms with Gasteiger partial charge in [0.05, 0.1) is 10.7 Å². The molecule has 3 rings (SSSR count). The molecule has 2 heterocycles. The molecule has 0 atom stereocenters. The largest absolute Gasteiger partial charge is 0.385 e. The van der Waals surface area contributed by atoms with E-state index >= 15 is 0 Å². The topological polar surface area (TPSA) is 54.2 Å². The molecule has 0 fully saturated rings. The SMILES string of the molecule is Brc1cnn2ccnc(NCCCNc3ccccc3)c12. The minimum atomic E-state index is 0.849. The molecule has 6 heteroatoms. The summed E-state index contributed by atoms with van der Waals surface area (Å²) in [6, 6.07) is 10.2. The Kier molecular flexibility index (Phi) is 4.35. The summed E-state index contributed by atoms with van der Waals surface area (Å²) in [6.07, 6.45) is 6.36. The predicted molar refractivity (Wildman–Crippen MR) is 88.7 cm³/mol. The van der Waals surface area contributed by atoms with E-state index in [1.807, 2.05) is 28.9 Å². The first-order chi connectivity index (χ1) is 10.3. The standard InChI is InChI=1S/C15H16BrN5/c16-13-11-20-21-10-9-19-15(14(13)21)18-8-4-7-17-12-5-2-1-3-6-12/h1-3,5-6,9-11,17H,4,7-8H2,(H,18,19). The summed E-state index contributed by atoms with van der Waals surface area (Å²) in [5.74, 6) is 0.849. The molecule has 1 aromatic carbocycles. The highest BCUT2D eigenvalue weighted by molar-refractivity contribution is 9.10. The zero-order chi connectivity index (χ0) is 14.5. The molecule has 0 unspecified atom stereocenters. The Morgan fingerprint density at radius 1 is 1.10 bits per heavy atom. The van der Waals surface area contributed by atoms with Crippen LogP contribution in [0.1, 0.15) is 6.42 Å². The molecule has 0 aliphatic heterocycles. The van der Waals surface area contributed by atoms with Crippen molar-refractivity contribution in [1.29, 1.82) is 0 Å². The Bertz CT molecular complexity index is 710. The monoisotopic (exact) mass is 345 g/mol. The number of nitrogens with zero attached hydrogens (tertiary/aromatic N) is 3. The van der Waals surface area contributed by atoms with Gasteiger partial charge in [-0.15, -0.1) is 0 Å². The van der Waals surface area contributed by atoms with Crippen LogP contribution in [-0.2, 0) is 0 Å². The number of fused-ring (bicyclic) bond motifs is 1. The second kappa shape index (κ2) is 6.58. The predicted octanol–water partition coefficient (Wildman–Crippen LogP) is 3.41. The smallest absolute Gasteiger partial charge is 0.153 e. The van der Waals surface area contributed by atoms with Crippen molar-refractivity contribution in [3.8, 4) is 0 Å². The molecule has 2 aromatic heterocycles. The van der Waals surface area contributed by atoms with Gasteiger partial charge in [0.15, 0.2) is 5.82 Å². The maximum Gasteiger partial charge on any atom is 0.153 e. The highest BCUT2D eigenvalue weighted by Crippen LogP contribution is 2.22. The number of hydrogen-bond donors (Lipinski definition) is 2. The van der Waals surface area contributed by atoms with Crippen LogP contribution in [-0.4, -0.2) is 27.7 Å². The number of nitrogens with one attached hydrogen (secondary N) is 2. The highest BCUT2D eigenvalue weighted by Gasteiger charge is 2.07. The lowest BCUT2D eigenvalue weighted by Gasteiger charge is -2.09. The summed E-state index contributed by atoms with van der Waals surface area (Å²) in [4.78, 5) is 4.37. The van der Waals surface area contributed by atoms with Crippen molar-refractivity contribution >= 4 is 33.0 Å². The number of benzene rings is 1. The van der Waals surface area contributed by atoms with Crippen molar-refractivity contribution < 1.29 is 0 Å². The lowest BCUT2D eigenvalue weighted by atomic mass is 10.3. The Morgan fingerprint density at radius 2 is 1.90 bits per heavy atom. The minimum Gasteiger partial charge on any atom is -0.385 e. The van der Waals surface area contributed by atoms with E-state index in [2.05, 4.69) is 48.8 Å². The third-order valence-electron chi connectivity index (χ3n) is 3.14. The zero-order valence-electron chi connectivity index (χ0n) is 11.5. The van der Waals surface area contributed by atoms with Crippen LogP contribution in [0.15, 0.2) is 53.4 Å². The number of para-hydroxylation sites is 1. The van der Waals surface area contributed by atoms with Gasteiger partial charge in [0.2, 0.25) is 0 Å². The van der Waals surface area contributed by atoms with Crippen LogP contribution >= 0.6 is 15.9 Å². The van der Waals surface area contributed by atoms with Gasteiger partial charge in [-0.1, -0.05) is 18.2 Å². The quantitative estimate of drug-likeness (QED) is 0.672. The Morgan fingerprint density at radius 3 is 2.76 bits per heavy atom. The summed E-state index contributed by atoms with van der Waals surface area (Å²) in [6.45, 7) is 1.77. The highest BCUT2D eigenvalue weighted by atomic mass is 79.9. The van der Waals surface area contributed by atoms with E-state index in [9.17, 15) is 0 Å². The number of halogens is 1. The fourth-order valence-electron chi connectivity index (χ4n) is 2.12. The molecular formula is C15H16BrN5. The summed E-state index contributed by atoms with van der Waals surface area (Å²) in [5.41, 5.74) is 2.12. The average Bonchev–Trinajstić information content (AvgIpc) is 2.90. The van der Waals surface area contributed by atoms with Crippen molar-refractivity contribution in [2.45, 2.75) is 6.42 Å². The lowest BCUT2D eigenvalue weighted by molar-refractivity contribution is 0.896. The molecule has 0 radical (unpaired) electrons. The molecule has 108 valence electrons.